The molecule has 0 aromatic heterocycles. The summed E-state index contributed by atoms with van der Waals surface area (Å²) >= 11 is 0. The van der Waals surface area contributed by atoms with Gasteiger partial charge in [0.1, 0.15) is 5.75 Å². The normalized spacial score (nSPS) is 11.0. The molecule has 0 heterocycles. The molecule has 1 rings (SSSR count). The largest absolute Gasteiger partial charge is 0.494 e. The van der Waals surface area contributed by atoms with Crippen molar-refractivity contribution >= 4 is 21.7 Å². The number of carbonyl (C=O) groups excluding carboxylic acids is 1. The molecule has 0 fully saturated rings. The summed E-state index contributed by atoms with van der Waals surface area (Å²) in [6.07, 6.45) is 1.18. The van der Waals surface area contributed by atoms with Crippen LogP contribution >= 0.6 is 0 Å². The molecule has 0 radical (unpaired) electrons. The number of sulfonamides is 1. The van der Waals surface area contributed by atoms with Crippen molar-refractivity contribution in [3.05, 3.63) is 24.3 Å². The van der Waals surface area contributed by atoms with Gasteiger partial charge in [-0.15, -0.1) is 0 Å². The van der Waals surface area contributed by atoms with E-state index in [0.29, 0.717) is 18.0 Å². The Balaban J connectivity index is 2.56. The average Bonchev–Trinajstić information content (AvgIpc) is 2.44. The number of nitrogens with one attached hydrogen (secondary N) is 1. The molecule has 6 nitrogen and oxygen atoms in total. The standard InChI is InChI=1S/C14H21NO5S/c1-3-9-20-13-7-4-6-12(11-13)15-21(17,18)10-5-8-14(16)19-2/h4,6-7,11,15H,3,5,8-10H2,1-2H3. The van der Waals surface area contributed by atoms with E-state index in [-0.39, 0.29) is 18.6 Å². The van der Waals surface area contributed by atoms with E-state index < -0.39 is 16.0 Å². The molecule has 21 heavy (non-hydrogen) atoms. The third-order valence-electron chi connectivity index (χ3n) is 2.60. The smallest absolute Gasteiger partial charge is 0.305 e. The van der Waals surface area contributed by atoms with Crippen molar-refractivity contribution in [2.45, 2.75) is 26.2 Å². The van der Waals surface area contributed by atoms with Crippen LogP contribution in [-0.4, -0.2) is 33.9 Å². The molecular weight excluding hydrogens is 294 g/mol. The van der Waals surface area contributed by atoms with Crippen LogP contribution in [0.2, 0.25) is 0 Å². The second-order valence-corrected chi connectivity index (χ2v) is 6.32. The van der Waals surface area contributed by atoms with Gasteiger partial charge in [0.05, 0.1) is 25.2 Å². The molecule has 1 aromatic rings. The monoisotopic (exact) mass is 315 g/mol. The average molecular weight is 315 g/mol. The lowest BCUT2D eigenvalue weighted by Crippen LogP contribution is -2.17. The van der Waals surface area contributed by atoms with E-state index in [2.05, 4.69) is 9.46 Å². The maximum Gasteiger partial charge on any atom is 0.305 e. The Bertz CT molecular complexity index is 556. The summed E-state index contributed by atoms with van der Waals surface area (Å²) in [7, 11) is -2.21. The van der Waals surface area contributed by atoms with Crippen LogP contribution in [0, 0.1) is 0 Å². The SMILES string of the molecule is CCCOc1cccc(NS(=O)(=O)CCCC(=O)OC)c1. The summed E-state index contributed by atoms with van der Waals surface area (Å²) in [5.41, 5.74) is 0.446. The van der Waals surface area contributed by atoms with Gasteiger partial charge < -0.3 is 9.47 Å². The van der Waals surface area contributed by atoms with E-state index in [4.69, 9.17) is 4.74 Å². The zero-order valence-corrected chi connectivity index (χ0v) is 13.1. The van der Waals surface area contributed by atoms with Crippen molar-refractivity contribution in [2.24, 2.45) is 0 Å². The van der Waals surface area contributed by atoms with Crippen LogP contribution in [0.15, 0.2) is 24.3 Å². The molecule has 7 heteroatoms. The molecule has 0 bridgehead atoms. The van der Waals surface area contributed by atoms with E-state index in [0.717, 1.165) is 6.42 Å². The van der Waals surface area contributed by atoms with Gasteiger partial charge in [-0.1, -0.05) is 13.0 Å². The first-order chi connectivity index (χ1) is 9.96. The van der Waals surface area contributed by atoms with Crippen LogP contribution in [0.1, 0.15) is 26.2 Å². The van der Waals surface area contributed by atoms with Gasteiger partial charge in [0.15, 0.2) is 0 Å². The maximum atomic E-state index is 11.9. The van der Waals surface area contributed by atoms with Gasteiger partial charge in [-0.25, -0.2) is 8.42 Å². The highest BCUT2D eigenvalue weighted by Crippen LogP contribution is 2.19. The fraction of sp³-hybridized carbons (Fsp3) is 0.500. The van der Waals surface area contributed by atoms with Crippen LogP contribution in [0.3, 0.4) is 0 Å². The molecular formula is C14H21NO5S. The zero-order valence-electron chi connectivity index (χ0n) is 12.3. The Labute approximate surface area is 125 Å². The first-order valence-corrected chi connectivity index (χ1v) is 8.42. The molecule has 0 saturated heterocycles. The van der Waals surface area contributed by atoms with Crippen molar-refractivity contribution in [3.63, 3.8) is 0 Å². The molecule has 0 spiro atoms. The van der Waals surface area contributed by atoms with Crippen molar-refractivity contribution in [2.75, 3.05) is 24.2 Å². The summed E-state index contributed by atoms with van der Waals surface area (Å²) in [5.74, 6) is 0.0640. The lowest BCUT2D eigenvalue weighted by atomic mass is 10.3. The minimum Gasteiger partial charge on any atom is -0.494 e. The molecule has 0 unspecified atom stereocenters. The Hall–Kier alpha value is -1.76. The second-order valence-electron chi connectivity index (χ2n) is 4.48. The summed E-state index contributed by atoms with van der Waals surface area (Å²) in [5, 5.41) is 0. The molecule has 0 atom stereocenters. The molecule has 1 N–H and O–H groups in total. The van der Waals surface area contributed by atoms with Crippen molar-refractivity contribution in [1.29, 1.82) is 0 Å². The van der Waals surface area contributed by atoms with E-state index in [1.165, 1.54) is 7.11 Å². The highest BCUT2D eigenvalue weighted by atomic mass is 32.2. The minimum atomic E-state index is -3.49. The maximum absolute atomic E-state index is 11.9. The molecule has 1 aromatic carbocycles. The number of benzene rings is 1. The Morgan fingerprint density at radius 2 is 2.10 bits per heavy atom. The molecule has 0 aliphatic rings. The third-order valence-corrected chi connectivity index (χ3v) is 3.97. The Morgan fingerprint density at radius 1 is 1.33 bits per heavy atom. The Morgan fingerprint density at radius 3 is 2.76 bits per heavy atom. The first-order valence-electron chi connectivity index (χ1n) is 6.77. The molecule has 0 aliphatic carbocycles. The topological polar surface area (TPSA) is 81.7 Å². The number of carbonyl (C=O) groups is 1. The quantitative estimate of drug-likeness (QED) is 0.706. The van der Waals surface area contributed by atoms with Crippen LogP contribution in [0.4, 0.5) is 5.69 Å². The number of anilines is 1. The molecule has 0 aliphatic heterocycles. The van der Waals surface area contributed by atoms with E-state index >= 15 is 0 Å². The van der Waals surface area contributed by atoms with Crippen LogP contribution in [0.25, 0.3) is 0 Å². The summed E-state index contributed by atoms with van der Waals surface area (Å²) < 4.78 is 36.2. The summed E-state index contributed by atoms with van der Waals surface area (Å²) in [6.45, 7) is 2.57. The van der Waals surface area contributed by atoms with Crippen molar-refractivity contribution < 1.29 is 22.7 Å². The van der Waals surface area contributed by atoms with E-state index in [9.17, 15) is 13.2 Å². The number of hydrogen-bond donors (Lipinski definition) is 1. The fourth-order valence-electron chi connectivity index (χ4n) is 1.61. The van der Waals surface area contributed by atoms with Crippen molar-refractivity contribution in [3.8, 4) is 5.75 Å². The second kappa shape index (κ2) is 8.51. The number of methoxy groups -OCH3 is 1. The lowest BCUT2D eigenvalue weighted by molar-refractivity contribution is -0.140. The summed E-state index contributed by atoms with van der Waals surface area (Å²) in [6, 6.07) is 6.77. The first kappa shape index (κ1) is 17.3. The fourth-order valence-corrected chi connectivity index (χ4v) is 2.72. The Kier molecular flexibility index (Phi) is 7.01. The molecule has 118 valence electrons. The number of hydrogen-bond acceptors (Lipinski definition) is 5. The van der Waals surface area contributed by atoms with Gasteiger partial charge in [0.2, 0.25) is 10.0 Å². The number of esters is 1. The van der Waals surface area contributed by atoms with Crippen LogP contribution < -0.4 is 9.46 Å². The highest BCUT2D eigenvalue weighted by Gasteiger charge is 2.12. The van der Waals surface area contributed by atoms with Crippen LogP contribution in [-0.2, 0) is 19.6 Å². The van der Waals surface area contributed by atoms with Gasteiger partial charge in [0, 0.05) is 12.5 Å². The minimum absolute atomic E-state index is 0.0804. The van der Waals surface area contributed by atoms with Gasteiger partial charge >= 0.3 is 5.97 Å². The predicted octanol–water partition coefficient (Wildman–Crippen LogP) is 2.17. The predicted molar refractivity (Wildman–Crippen MR) is 80.9 cm³/mol. The molecule has 0 saturated carbocycles. The lowest BCUT2D eigenvalue weighted by Gasteiger charge is -2.10. The van der Waals surface area contributed by atoms with Gasteiger partial charge in [-0.2, -0.15) is 0 Å². The summed E-state index contributed by atoms with van der Waals surface area (Å²) in [4.78, 5) is 10.9. The number of rotatable bonds is 9. The van der Waals surface area contributed by atoms with Gasteiger partial charge in [-0.3, -0.25) is 9.52 Å². The molecule has 0 amide bonds. The van der Waals surface area contributed by atoms with Crippen molar-refractivity contribution in [1.82, 2.24) is 0 Å². The number of ether oxygens (including phenoxy) is 2. The van der Waals surface area contributed by atoms with Crippen LogP contribution in [0.5, 0.6) is 5.75 Å². The van der Waals surface area contributed by atoms with Gasteiger partial charge in [-0.05, 0) is 25.0 Å². The van der Waals surface area contributed by atoms with E-state index in [1.54, 1.807) is 24.3 Å². The highest BCUT2D eigenvalue weighted by molar-refractivity contribution is 7.92. The zero-order chi connectivity index (χ0) is 15.7. The third kappa shape index (κ3) is 6.99. The van der Waals surface area contributed by atoms with E-state index in [1.807, 2.05) is 6.92 Å². The van der Waals surface area contributed by atoms with Gasteiger partial charge in [0.25, 0.3) is 0 Å².